The van der Waals surface area contributed by atoms with Gasteiger partial charge in [0.15, 0.2) is 12.7 Å². The predicted molar refractivity (Wildman–Crippen MR) is 94.2 cm³/mol. The Hall–Kier alpha value is -3.63. The number of rotatable bonds is 7. The Balaban J connectivity index is 1.89. The number of amides is 1. The van der Waals surface area contributed by atoms with Gasteiger partial charge < -0.3 is 14.8 Å². The Kier molecular flexibility index (Phi) is 6.75. The van der Waals surface area contributed by atoms with E-state index in [1.165, 1.54) is 43.3 Å². The number of nitrogens with zero attached hydrogens (tertiary/aromatic N) is 1. The van der Waals surface area contributed by atoms with Gasteiger partial charge in [0.25, 0.3) is 11.6 Å². The summed E-state index contributed by atoms with van der Waals surface area (Å²) in [6, 6.07) is 9.28. The molecule has 8 nitrogen and oxygen atoms in total. The molecule has 0 bridgehead atoms. The molecule has 0 aliphatic carbocycles. The molecule has 2 aromatic carbocycles. The first-order valence-electron chi connectivity index (χ1n) is 8.11. The molecule has 0 aromatic heterocycles. The molecule has 1 amide bonds. The van der Waals surface area contributed by atoms with Crippen LogP contribution in [0.4, 0.5) is 24.5 Å². The third kappa shape index (κ3) is 6.19. The van der Waals surface area contributed by atoms with Crippen LogP contribution in [0.1, 0.15) is 12.5 Å². The molecule has 2 aromatic rings. The van der Waals surface area contributed by atoms with Crippen LogP contribution in [0.3, 0.4) is 0 Å². The second kappa shape index (κ2) is 9.04. The van der Waals surface area contributed by atoms with Gasteiger partial charge in [-0.2, -0.15) is 13.2 Å². The maximum atomic E-state index is 13.0. The monoisotopic (exact) mass is 412 g/mol. The minimum absolute atomic E-state index is 0.156. The zero-order chi connectivity index (χ0) is 21.6. The van der Waals surface area contributed by atoms with E-state index in [9.17, 15) is 32.9 Å². The minimum atomic E-state index is -4.66. The maximum absolute atomic E-state index is 13.0. The number of carbonyl (C=O) groups is 2. The molecule has 0 radical (unpaired) electrons. The van der Waals surface area contributed by atoms with Crippen molar-refractivity contribution >= 4 is 23.3 Å². The van der Waals surface area contributed by atoms with Crippen molar-refractivity contribution in [3.63, 3.8) is 0 Å². The third-order valence-corrected chi connectivity index (χ3v) is 3.57. The van der Waals surface area contributed by atoms with E-state index in [1.54, 1.807) is 0 Å². The number of anilines is 1. The number of benzene rings is 2. The Bertz CT molecular complexity index is 899. The molecule has 11 heteroatoms. The van der Waals surface area contributed by atoms with Crippen LogP contribution in [0.2, 0.25) is 0 Å². The number of nitro benzene ring substituents is 1. The Morgan fingerprint density at radius 2 is 1.76 bits per heavy atom. The summed E-state index contributed by atoms with van der Waals surface area (Å²) < 4.78 is 48.8. The highest BCUT2D eigenvalue weighted by Crippen LogP contribution is 2.34. The molecular weight excluding hydrogens is 397 g/mol. The van der Waals surface area contributed by atoms with E-state index in [0.717, 1.165) is 12.1 Å². The van der Waals surface area contributed by atoms with Crippen molar-refractivity contribution < 1.29 is 37.2 Å². The first kappa shape index (κ1) is 21.7. The van der Waals surface area contributed by atoms with E-state index < -0.39 is 46.9 Å². The number of esters is 1. The topological polar surface area (TPSA) is 108 Å². The molecule has 1 N–H and O–H groups in total. The van der Waals surface area contributed by atoms with Crippen LogP contribution < -0.4 is 10.1 Å². The molecule has 2 rings (SSSR count). The molecule has 0 saturated carbocycles. The number of halogens is 3. The summed E-state index contributed by atoms with van der Waals surface area (Å²) in [7, 11) is 0. The van der Waals surface area contributed by atoms with Gasteiger partial charge in [0.1, 0.15) is 5.75 Å². The van der Waals surface area contributed by atoms with Crippen molar-refractivity contribution in [2.75, 3.05) is 11.9 Å². The average molecular weight is 412 g/mol. The molecule has 0 heterocycles. The number of non-ortho nitro benzene ring substituents is 1. The normalized spacial score (nSPS) is 12.0. The lowest BCUT2D eigenvalue weighted by Gasteiger charge is -2.17. The van der Waals surface area contributed by atoms with Crippen molar-refractivity contribution in [1.29, 1.82) is 0 Å². The highest BCUT2D eigenvalue weighted by Gasteiger charge is 2.34. The van der Waals surface area contributed by atoms with E-state index in [2.05, 4.69) is 5.32 Å². The number of para-hydroxylation sites is 1. The average Bonchev–Trinajstić information content (AvgIpc) is 2.66. The predicted octanol–water partition coefficient (Wildman–Crippen LogP) is 3.56. The van der Waals surface area contributed by atoms with Gasteiger partial charge in [0, 0.05) is 12.1 Å². The van der Waals surface area contributed by atoms with Crippen LogP contribution >= 0.6 is 0 Å². The number of carbonyl (C=O) groups excluding carboxylic acids is 2. The first-order valence-corrected chi connectivity index (χ1v) is 8.11. The summed E-state index contributed by atoms with van der Waals surface area (Å²) in [4.78, 5) is 33.8. The summed E-state index contributed by atoms with van der Waals surface area (Å²) in [5.41, 5.74) is -1.66. The molecule has 0 saturated heterocycles. The van der Waals surface area contributed by atoms with E-state index in [-0.39, 0.29) is 11.4 Å². The highest BCUT2D eigenvalue weighted by molar-refractivity contribution is 5.95. The third-order valence-electron chi connectivity index (χ3n) is 3.57. The smallest absolute Gasteiger partial charge is 0.418 e. The fourth-order valence-electron chi connectivity index (χ4n) is 2.16. The van der Waals surface area contributed by atoms with Crippen LogP contribution in [0.25, 0.3) is 0 Å². The Labute approximate surface area is 162 Å². The van der Waals surface area contributed by atoms with Crippen molar-refractivity contribution in [3.8, 4) is 5.75 Å². The van der Waals surface area contributed by atoms with Crippen LogP contribution in [0, 0.1) is 10.1 Å². The van der Waals surface area contributed by atoms with Gasteiger partial charge >= 0.3 is 12.1 Å². The van der Waals surface area contributed by atoms with Gasteiger partial charge in [0.05, 0.1) is 16.2 Å². The lowest BCUT2D eigenvalue weighted by molar-refractivity contribution is -0.384. The number of nitro groups is 1. The second-order valence-corrected chi connectivity index (χ2v) is 5.70. The molecule has 29 heavy (non-hydrogen) atoms. The van der Waals surface area contributed by atoms with E-state index in [4.69, 9.17) is 9.47 Å². The molecule has 154 valence electrons. The zero-order valence-electron chi connectivity index (χ0n) is 14.9. The lowest BCUT2D eigenvalue weighted by atomic mass is 10.1. The fraction of sp³-hybridized carbons (Fsp3) is 0.222. The Morgan fingerprint density at radius 1 is 1.14 bits per heavy atom. The van der Waals surface area contributed by atoms with Crippen molar-refractivity contribution in [1.82, 2.24) is 0 Å². The van der Waals surface area contributed by atoms with E-state index >= 15 is 0 Å². The molecule has 0 spiro atoms. The minimum Gasteiger partial charge on any atom is -0.482 e. The van der Waals surface area contributed by atoms with Crippen molar-refractivity contribution in [2.24, 2.45) is 0 Å². The zero-order valence-corrected chi connectivity index (χ0v) is 14.9. The molecular formula is C18H15F3N2O6. The number of alkyl halides is 3. The van der Waals surface area contributed by atoms with E-state index in [1.807, 2.05) is 0 Å². The maximum Gasteiger partial charge on any atom is 0.418 e. The van der Waals surface area contributed by atoms with Gasteiger partial charge in [-0.25, -0.2) is 4.79 Å². The number of hydrogen-bond acceptors (Lipinski definition) is 6. The van der Waals surface area contributed by atoms with Gasteiger partial charge in [-0.3, -0.25) is 14.9 Å². The second-order valence-electron chi connectivity index (χ2n) is 5.70. The largest absolute Gasteiger partial charge is 0.482 e. The lowest BCUT2D eigenvalue weighted by Crippen LogP contribution is -2.32. The summed E-state index contributed by atoms with van der Waals surface area (Å²) >= 11 is 0. The summed E-state index contributed by atoms with van der Waals surface area (Å²) in [5, 5.41) is 12.6. The highest BCUT2D eigenvalue weighted by atomic mass is 19.4. The Morgan fingerprint density at radius 3 is 2.34 bits per heavy atom. The molecule has 1 atom stereocenters. The SMILES string of the molecule is C[C@H](OC(=O)COc1ccc([N+](=O)[O-])cc1)C(=O)Nc1ccccc1C(F)(F)F. The van der Waals surface area contributed by atoms with Gasteiger partial charge in [-0.1, -0.05) is 12.1 Å². The molecule has 0 fully saturated rings. The van der Waals surface area contributed by atoms with E-state index in [0.29, 0.717) is 0 Å². The number of hydrogen-bond donors (Lipinski definition) is 1. The fourth-order valence-corrected chi connectivity index (χ4v) is 2.16. The van der Waals surface area contributed by atoms with Gasteiger partial charge in [-0.15, -0.1) is 0 Å². The molecule has 0 aliphatic heterocycles. The van der Waals surface area contributed by atoms with Gasteiger partial charge in [0.2, 0.25) is 0 Å². The van der Waals surface area contributed by atoms with Crippen molar-refractivity contribution in [3.05, 3.63) is 64.2 Å². The molecule has 0 unspecified atom stereocenters. The number of ether oxygens (including phenoxy) is 2. The van der Waals surface area contributed by atoms with Gasteiger partial charge in [-0.05, 0) is 31.2 Å². The standard InChI is InChI=1S/C18H15F3N2O6/c1-11(17(25)22-15-5-3-2-4-14(15)18(19,20)21)29-16(24)10-28-13-8-6-12(7-9-13)23(26)27/h2-9,11H,10H2,1H3,(H,22,25)/t11-/m0/s1. The molecule has 0 aliphatic rings. The first-order chi connectivity index (χ1) is 13.6. The van der Waals surface area contributed by atoms with Crippen LogP contribution in [0.15, 0.2) is 48.5 Å². The van der Waals surface area contributed by atoms with Crippen LogP contribution in [-0.4, -0.2) is 29.5 Å². The quantitative estimate of drug-likeness (QED) is 0.423. The van der Waals surface area contributed by atoms with Crippen molar-refractivity contribution in [2.45, 2.75) is 19.2 Å². The van der Waals surface area contributed by atoms with Crippen LogP contribution in [-0.2, 0) is 20.5 Å². The summed E-state index contributed by atoms with van der Waals surface area (Å²) in [6.07, 6.45) is -6.05. The summed E-state index contributed by atoms with van der Waals surface area (Å²) in [6.45, 7) is 0.587. The summed E-state index contributed by atoms with van der Waals surface area (Å²) in [5.74, 6) is -1.75. The van der Waals surface area contributed by atoms with Crippen LogP contribution in [0.5, 0.6) is 5.75 Å². The number of nitrogens with one attached hydrogen (secondary N) is 1.